The second kappa shape index (κ2) is 12.7. The van der Waals surface area contributed by atoms with Gasteiger partial charge in [-0.15, -0.1) is 0 Å². The van der Waals surface area contributed by atoms with E-state index in [2.05, 4.69) is 107 Å². The molecular formula is C28H46Ca. The normalized spacial score (nSPS) is 11.7. The Kier molecular flexibility index (Phi) is 12.7. The zero-order valence-corrected chi connectivity index (χ0v) is 23.7. The maximum Gasteiger partial charge on any atom is 2.00 e. The molecular weight excluding hydrogens is 376 g/mol. The summed E-state index contributed by atoms with van der Waals surface area (Å²) in [4.78, 5) is 0. The summed E-state index contributed by atoms with van der Waals surface area (Å²) in [6, 6.07) is 9.57. The molecule has 2 aromatic rings. The van der Waals surface area contributed by atoms with Gasteiger partial charge in [-0.05, 0) is 11.8 Å². The molecule has 0 N–H and O–H groups in total. The van der Waals surface area contributed by atoms with E-state index in [4.69, 9.17) is 0 Å². The first-order chi connectivity index (χ1) is 12.9. The van der Waals surface area contributed by atoms with E-state index in [1.165, 1.54) is 11.1 Å². The van der Waals surface area contributed by atoms with Gasteiger partial charge in [-0.25, -0.2) is 12.1 Å². The minimum Gasteiger partial charge on any atom is -0.207 e. The maximum absolute atomic E-state index is 2.39. The molecule has 29 heavy (non-hydrogen) atoms. The average Bonchev–Trinajstić information content (AvgIpc) is 3.20. The van der Waals surface area contributed by atoms with Crippen LogP contribution < -0.4 is 0 Å². The zero-order chi connectivity index (χ0) is 21.8. The Labute approximate surface area is 212 Å². The van der Waals surface area contributed by atoms with Crippen molar-refractivity contribution >= 4 is 37.7 Å². The monoisotopic (exact) mass is 422 g/mol. The maximum atomic E-state index is 2.39. The van der Waals surface area contributed by atoms with Gasteiger partial charge < -0.3 is 0 Å². The van der Waals surface area contributed by atoms with E-state index < -0.39 is 0 Å². The molecule has 0 aliphatic heterocycles. The molecule has 0 bridgehead atoms. The van der Waals surface area contributed by atoms with Crippen molar-refractivity contribution in [2.75, 3.05) is 0 Å². The van der Waals surface area contributed by atoms with E-state index in [0.29, 0.717) is 35.5 Å². The largest absolute Gasteiger partial charge is 2.00 e. The van der Waals surface area contributed by atoms with Gasteiger partial charge in [-0.2, -0.15) is 45.5 Å². The van der Waals surface area contributed by atoms with Gasteiger partial charge in [0, 0.05) is 0 Å². The SMILES string of the molecule is CC(C)c1cc(C(C)C)[c-](C(C)C)c1.CC(C)c1cc(C(C)C)[c-](C(C)C)c1.[Ca+2]. The van der Waals surface area contributed by atoms with Crippen molar-refractivity contribution in [2.24, 2.45) is 0 Å². The molecule has 0 amide bonds. The quantitative estimate of drug-likeness (QED) is 0.321. The van der Waals surface area contributed by atoms with E-state index in [0.717, 1.165) is 0 Å². The first-order valence-corrected chi connectivity index (χ1v) is 11.5. The molecule has 0 aromatic heterocycles. The van der Waals surface area contributed by atoms with Crippen molar-refractivity contribution < 1.29 is 0 Å². The molecule has 0 radical (unpaired) electrons. The Hall–Kier alpha value is -0.0403. The predicted molar refractivity (Wildman–Crippen MR) is 134 cm³/mol. The smallest absolute Gasteiger partial charge is 0.207 e. The van der Waals surface area contributed by atoms with Crippen molar-refractivity contribution in [1.29, 1.82) is 0 Å². The molecule has 0 fully saturated rings. The fraction of sp³-hybridized carbons (Fsp3) is 0.643. The molecule has 1 heteroatoms. The molecule has 0 saturated carbocycles. The average molecular weight is 423 g/mol. The van der Waals surface area contributed by atoms with Crippen LogP contribution in [-0.4, -0.2) is 37.7 Å². The fourth-order valence-corrected chi connectivity index (χ4v) is 3.80. The Balaban J connectivity index is 0.000000523. The summed E-state index contributed by atoms with van der Waals surface area (Å²) in [5.74, 6) is 3.92. The van der Waals surface area contributed by atoms with Crippen LogP contribution in [0.4, 0.5) is 0 Å². The van der Waals surface area contributed by atoms with E-state index in [9.17, 15) is 0 Å². The minimum atomic E-state index is 0. The Bertz CT molecular complexity index is 591. The minimum absolute atomic E-state index is 0. The predicted octanol–water partition coefficient (Wildman–Crippen LogP) is 9.17. The van der Waals surface area contributed by atoms with Gasteiger partial charge in [0.15, 0.2) is 0 Å². The molecule has 0 aliphatic rings. The topological polar surface area (TPSA) is 0 Å². The molecule has 0 saturated heterocycles. The van der Waals surface area contributed by atoms with Crippen molar-refractivity contribution in [1.82, 2.24) is 0 Å². The summed E-state index contributed by atoms with van der Waals surface area (Å²) in [5, 5.41) is 0. The van der Waals surface area contributed by atoms with Gasteiger partial charge >= 0.3 is 37.7 Å². The molecule has 0 spiro atoms. The number of hydrogen-bond donors (Lipinski definition) is 0. The third-order valence-corrected chi connectivity index (χ3v) is 5.78. The zero-order valence-electron chi connectivity index (χ0n) is 21.5. The van der Waals surface area contributed by atoms with Crippen molar-refractivity contribution in [3.8, 4) is 0 Å². The molecule has 0 aliphatic carbocycles. The van der Waals surface area contributed by atoms with Crippen molar-refractivity contribution in [3.63, 3.8) is 0 Å². The van der Waals surface area contributed by atoms with Crippen LogP contribution in [0, 0.1) is 0 Å². The molecule has 0 unspecified atom stereocenters. The van der Waals surface area contributed by atoms with Crippen LogP contribution in [0.5, 0.6) is 0 Å². The summed E-state index contributed by atoms with van der Waals surface area (Å²) in [6.45, 7) is 27.3. The first-order valence-electron chi connectivity index (χ1n) is 11.5. The van der Waals surface area contributed by atoms with Gasteiger partial charge in [0.1, 0.15) is 0 Å². The Morgan fingerprint density at radius 2 is 0.759 bits per heavy atom. The standard InChI is InChI=1S/2C14H23.Ca/c2*1-9(2)12-7-13(10(3)4)14(8-12)11(5)6;/h2*7-11H,1-6H3;/q2*-1;+2. The summed E-state index contributed by atoms with van der Waals surface area (Å²) in [5.41, 5.74) is 9.18. The third kappa shape index (κ3) is 8.19. The summed E-state index contributed by atoms with van der Waals surface area (Å²) >= 11 is 0. The fourth-order valence-electron chi connectivity index (χ4n) is 3.80. The Morgan fingerprint density at radius 1 is 0.483 bits per heavy atom. The van der Waals surface area contributed by atoms with Crippen LogP contribution in [0.15, 0.2) is 24.3 Å². The van der Waals surface area contributed by atoms with Crippen LogP contribution in [0.2, 0.25) is 0 Å². The van der Waals surface area contributed by atoms with Gasteiger partial charge in [0.2, 0.25) is 0 Å². The Morgan fingerprint density at radius 3 is 0.897 bits per heavy atom. The van der Waals surface area contributed by atoms with E-state index in [-0.39, 0.29) is 37.7 Å². The molecule has 160 valence electrons. The number of rotatable bonds is 6. The molecule has 0 heterocycles. The third-order valence-electron chi connectivity index (χ3n) is 5.78. The van der Waals surface area contributed by atoms with Gasteiger partial charge in [-0.3, -0.25) is 0 Å². The van der Waals surface area contributed by atoms with Crippen molar-refractivity contribution in [3.05, 3.63) is 57.6 Å². The molecule has 2 rings (SSSR count). The summed E-state index contributed by atoms with van der Waals surface area (Å²) < 4.78 is 0. The summed E-state index contributed by atoms with van der Waals surface area (Å²) in [6.07, 6.45) is 0. The van der Waals surface area contributed by atoms with E-state index in [1.807, 2.05) is 0 Å². The van der Waals surface area contributed by atoms with Gasteiger partial charge in [-0.1, -0.05) is 107 Å². The van der Waals surface area contributed by atoms with Gasteiger partial charge in [0.25, 0.3) is 0 Å². The summed E-state index contributed by atoms with van der Waals surface area (Å²) in [7, 11) is 0. The van der Waals surface area contributed by atoms with Crippen molar-refractivity contribution in [2.45, 2.75) is 119 Å². The second-order valence-electron chi connectivity index (χ2n) is 10.3. The molecule has 2 aromatic carbocycles. The molecule has 0 nitrogen and oxygen atoms in total. The van der Waals surface area contributed by atoms with Crippen LogP contribution in [-0.2, 0) is 0 Å². The second-order valence-corrected chi connectivity index (χ2v) is 10.3. The van der Waals surface area contributed by atoms with E-state index >= 15 is 0 Å². The van der Waals surface area contributed by atoms with Crippen LogP contribution >= 0.6 is 0 Å². The molecule has 0 atom stereocenters. The first kappa shape index (κ1) is 29.0. The van der Waals surface area contributed by atoms with E-state index in [1.54, 1.807) is 22.3 Å². The van der Waals surface area contributed by atoms with Crippen LogP contribution in [0.3, 0.4) is 0 Å². The van der Waals surface area contributed by atoms with Crippen LogP contribution in [0.1, 0.15) is 152 Å². The van der Waals surface area contributed by atoms with Crippen LogP contribution in [0.25, 0.3) is 0 Å². The number of hydrogen-bond acceptors (Lipinski definition) is 0. The van der Waals surface area contributed by atoms with Gasteiger partial charge in [0.05, 0.1) is 0 Å².